The minimum atomic E-state index is -0.459. The first-order valence-electron chi connectivity index (χ1n) is 7.53. The number of ether oxygens (including phenoxy) is 1. The van der Waals surface area contributed by atoms with Crippen molar-refractivity contribution >= 4 is 22.6 Å². The lowest BCUT2D eigenvalue weighted by molar-refractivity contribution is -0.154. The molecule has 0 saturated carbocycles. The number of methoxy groups -OCH3 is 1. The summed E-state index contributed by atoms with van der Waals surface area (Å²) < 4.78 is 9.39. The summed E-state index contributed by atoms with van der Waals surface area (Å²) in [7, 11) is 1.46. The van der Waals surface area contributed by atoms with Gasteiger partial charge in [0, 0.05) is 30.5 Å². The predicted octanol–water partition coefficient (Wildman–Crippen LogP) is 3.08. The second-order valence-electron chi connectivity index (χ2n) is 6.59. The standard InChI is InChI=1S/C15H25N3O2S/c1-10(2)12-16-14(21-17-12)18-8-6-7-11(9-18)15(3,4)13(19)20-5/h10-11H,6-9H2,1-5H3. The van der Waals surface area contributed by atoms with Gasteiger partial charge in [0.15, 0.2) is 0 Å². The van der Waals surface area contributed by atoms with Crippen molar-refractivity contribution in [2.45, 2.75) is 46.5 Å². The fourth-order valence-electron chi connectivity index (χ4n) is 2.76. The highest BCUT2D eigenvalue weighted by Crippen LogP contribution is 2.37. The van der Waals surface area contributed by atoms with Gasteiger partial charge in [-0.25, -0.2) is 4.98 Å². The molecule has 0 radical (unpaired) electrons. The monoisotopic (exact) mass is 311 g/mol. The van der Waals surface area contributed by atoms with E-state index < -0.39 is 5.41 Å². The summed E-state index contributed by atoms with van der Waals surface area (Å²) >= 11 is 1.46. The molecule has 0 spiro atoms. The topological polar surface area (TPSA) is 55.3 Å². The predicted molar refractivity (Wildman–Crippen MR) is 84.7 cm³/mol. The van der Waals surface area contributed by atoms with E-state index in [1.165, 1.54) is 18.6 Å². The molecule has 1 aliphatic heterocycles. The molecule has 1 aliphatic rings. The lowest BCUT2D eigenvalue weighted by atomic mass is 9.74. The van der Waals surface area contributed by atoms with Gasteiger partial charge in [0.25, 0.3) is 0 Å². The molecule has 1 atom stereocenters. The van der Waals surface area contributed by atoms with E-state index in [9.17, 15) is 4.79 Å². The number of hydrogen-bond donors (Lipinski definition) is 0. The van der Waals surface area contributed by atoms with Gasteiger partial charge < -0.3 is 9.64 Å². The average molecular weight is 311 g/mol. The molecule has 1 unspecified atom stereocenters. The van der Waals surface area contributed by atoms with Crippen LogP contribution in [0.25, 0.3) is 0 Å². The quantitative estimate of drug-likeness (QED) is 0.800. The number of rotatable bonds is 4. The average Bonchev–Trinajstić information content (AvgIpc) is 2.96. The Morgan fingerprint density at radius 1 is 1.48 bits per heavy atom. The normalized spacial score (nSPS) is 19.9. The van der Waals surface area contributed by atoms with Gasteiger partial charge in [0.05, 0.1) is 12.5 Å². The summed E-state index contributed by atoms with van der Waals surface area (Å²) in [6.07, 6.45) is 2.12. The van der Waals surface area contributed by atoms with Crippen molar-refractivity contribution in [1.29, 1.82) is 0 Å². The molecule has 0 bridgehead atoms. The molecule has 1 fully saturated rings. The molecule has 2 heterocycles. The van der Waals surface area contributed by atoms with Crippen molar-refractivity contribution in [2.75, 3.05) is 25.1 Å². The Morgan fingerprint density at radius 3 is 2.76 bits per heavy atom. The molecule has 2 rings (SSSR count). The lowest BCUT2D eigenvalue weighted by Crippen LogP contribution is -2.45. The van der Waals surface area contributed by atoms with Crippen molar-refractivity contribution in [3.63, 3.8) is 0 Å². The van der Waals surface area contributed by atoms with E-state index in [0.717, 1.165) is 36.9 Å². The number of esters is 1. The Bertz CT molecular complexity index is 499. The molecular weight excluding hydrogens is 286 g/mol. The molecule has 21 heavy (non-hydrogen) atoms. The summed E-state index contributed by atoms with van der Waals surface area (Å²) in [5.74, 6) is 1.41. The van der Waals surface area contributed by atoms with Crippen molar-refractivity contribution in [3.8, 4) is 0 Å². The Hall–Kier alpha value is -1.17. The zero-order valence-corrected chi connectivity index (χ0v) is 14.4. The molecule has 0 aromatic carbocycles. The Balaban J connectivity index is 2.11. The van der Waals surface area contributed by atoms with Crippen LogP contribution in [0.15, 0.2) is 0 Å². The third kappa shape index (κ3) is 3.36. The largest absolute Gasteiger partial charge is 0.469 e. The molecule has 5 nitrogen and oxygen atoms in total. The highest BCUT2D eigenvalue weighted by atomic mass is 32.1. The van der Waals surface area contributed by atoms with Gasteiger partial charge in [-0.15, -0.1) is 0 Å². The molecule has 118 valence electrons. The zero-order valence-electron chi connectivity index (χ0n) is 13.5. The van der Waals surface area contributed by atoms with Gasteiger partial charge in [0.2, 0.25) is 5.13 Å². The molecule has 1 aromatic heterocycles. The van der Waals surface area contributed by atoms with Gasteiger partial charge in [0.1, 0.15) is 5.82 Å². The van der Waals surface area contributed by atoms with Crippen molar-refractivity contribution in [3.05, 3.63) is 5.82 Å². The van der Waals surface area contributed by atoms with Crippen LogP contribution in [0.3, 0.4) is 0 Å². The van der Waals surface area contributed by atoms with Gasteiger partial charge in [-0.2, -0.15) is 4.37 Å². The summed E-state index contributed by atoms with van der Waals surface area (Å²) in [5, 5.41) is 0.976. The molecule has 0 N–H and O–H groups in total. The van der Waals surface area contributed by atoms with Crippen LogP contribution in [0.5, 0.6) is 0 Å². The van der Waals surface area contributed by atoms with Crippen LogP contribution in [0.1, 0.15) is 52.3 Å². The van der Waals surface area contributed by atoms with Crippen LogP contribution in [0.2, 0.25) is 0 Å². The first-order valence-corrected chi connectivity index (χ1v) is 8.30. The van der Waals surface area contributed by atoms with E-state index >= 15 is 0 Å². The second-order valence-corrected chi connectivity index (χ2v) is 7.32. The van der Waals surface area contributed by atoms with Crippen LogP contribution < -0.4 is 4.90 Å². The van der Waals surface area contributed by atoms with Gasteiger partial charge >= 0.3 is 5.97 Å². The van der Waals surface area contributed by atoms with E-state index in [1.807, 2.05) is 13.8 Å². The van der Waals surface area contributed by atoms with Crippen molar-refractivity contribution < 1.29 is 9.53 Å². The molecule has 6 heteroatoms. The molecule has 0 aliphatic carbocycles. The van der Waals surface area contributed by atoms with E-state index in [4.69, 9.17) is 4.74 Å². The van der Waals surface area contributed by atoms with E-state index in [2.05, 4.69) is 28.1 Å². The van der Waals surface area contributed by atoms with Crippen molar-refractivity contribution in [2.24, 2.45) is 11.3 Å². The van der Waals surface area contributed by atoms with Crippen molar-refractivity contribution in [1.82, 2.24) is 9.36 Å². The van der Waals surface area contributed by atoms with Crippen LogP contribution in [-0.2, 0) is 9.53 Å². The fraction of sp³-hybridized carbons (Fsp3) is 0.800. The number of carbonyl (C=O) groups excluding carboxylic acids is 1. The number of carbonyl (C=O) groups is 1. The molecular formula is C15H25N3O2S. The summed E-state index contributed by atoms with van der Waals surface area (Å²) in [6, 6.07) is 0. The zero-order chi connectivity index (χ0) is 15.6. The van der Waals surface area contributed by atoms with Crippen LogP contribution in [0, 0.1) is 11.3 Å². The third-order valence-electron chi connectivity index (χ3n) is 4.37. The minimum absolute atomic E-state index is 0.130. The number of piperidine rings is 1. The van der Waals surface area contributed by atoms with Crippen LogP contribution in [0.4, 0.5) is 5.13 Å². The number of anilines is 1. The van der Waals surface area contributed by atoms with Gasteiger partial charge in [-0.1, -0.05) is 13.8 Å². The van der Waals surface area contributed by atoms with E-state index in [0.29, 0.717) is 5.92 Å². The first-order chi connectivity index (χ1) is 9.86. The van der Waals surface area contributed by atoms with Crippen LogP contribution >= 0.6 is 11.5 Å². The number of nitrogens with zero attached hydrogens (tertiary/aromatic N) is 3. The minimum Gasteiger partial charge on any atom is -0.469 e. The first kappa shape index (κ1) is 16.2. The number of hydrogen-bond acceptors (Lipinski definition) is 6. The fourth-order valence-corrected chi connectivity index (χ4v) is 3.60. The SMILES string of the molecule is COC(=O)C(C)(C)C1CCCN(c2nc(C(C)C)ns2)C1. The second kappa shape index (κ2) is 6.30. The lowest BCUT2D eigenvalue weighted by Gasteiger charge is -2.39. The maximum Gasteiger partial charge on any atom is 0.311 e. The van der Waals surface area contributed by atoms with E-state index in [-0.39, 0.29) is 11.9 Å². The highest BCUT2D eigenvalue weighted by molar-refractivity contribution is 7.09. The highest BCUT2D eigenvalue weighted by Gasteiger charge is 2.40. The molecule has 1 saturated heterocycles. The van der Waals surface area contributed by atoms with E-state index in [1.54, 1.807) is 0 Å². The maximum atomic E-state index is 12.0. The smallest absolute Gasteiger partial charge is 0.311 e. The Morgan fingerprint density at radius 2 is 2.19 bits per heavy atom. The van der Waals surface area contributed by atoms with Gasteiger partial charge in [-0.3, -0.25) is 4.79 Å². The maximum absolute atomic E-state index is 12.0. The Labute approximate surface area is 130 Å². The summed E-state index contributed by atoms with van der Waals surface area (Å²) in [4.78, 5) is 18.9. The summed E-state index contributed by atoms with van der Waals surface area (Å²) in [6.45, 7) is 9.99. The third-order valence-corrected chi connectivity index (χ3v) is 5.16. The summed E-state index contributed by atoms with van der Waals surface area (Å²) in [5.41, 5.74) is -0.459. The Kier molecular flexibility index (Phi) is 4.86. The molecule has 0 amide bonds. The van der Waals surface area contributed by atoms with Crippen LogP contribution in [-0.4, -0.2) is 35.5 Å². The molecule has 1 aromatic rings. The number of aromatic nitrogens is 2. The van der Waals surface area contributed by atoms with Gasteiger partial charge in [-0.05, 0) is 32.6 Å².